The SMILES string of the molecule is NC(=O)CSc1nc(=O)n(C[C@H]2CCCO2)c2c1CCCC2. The standard InChI is InChI=1S/C15H21N3O3S/c16-13(19)9-22-14-11-5-1-2-6-12(11)18(15(20)17-14)8-10-4-3-7-21-10/h10H,1-9H2,(H2,16,19)/t10-/m1/s1. The molecule has 0 radical (unpaired) electrons. The van der Waals surface area contributed by atoms with Gasteiger partial charge in [-0.05, 0) is 38.5 Å². The third-order valence-corrected chi connectivity index (χ3v) is 5.25. The molecule has 0 spiro atoms. The minimum atomic E-state index is -0.389. The van der Waals surface area contributed by atoms with Crippen molar-refractivity contribution in [3.8, 4) is 0 Å². The van der Waals surface area contributed by atoms with Crippen LogP contribution in [-0.2, 0) is 28.9 Å². The molecule has 1 aromatic rings. The molecule has 0 aromatic carbocycles. The molecule has 1 saturated heterocycles. The molecule has 2 aliphatic rings. The summed E-state index contributed by atoms with van der Waals surface area (Å²) in [5.41, 5.74) is 7.17. The van der Waals surface area contributed by atoms with E-state index in [0.29, 0.717) is 11.6 Å². The molecule has 2 heterocycles. The van der Waals surface area contributed by atoms with Gasteiger partial charge in [-0.15, -0.1) is 0 Å². The predicted molar refractivity (Wildman–Crippen MR) is 84.0 cm³/mol. The molecule has 1 fully saturated rings. The summed E-state index contributed by atoms with van der Waals surface area (Å²) in [4.78, 5) is 27.6. The normalized spacial score (nSPS) is 20.8. The predicted octanol–water partition coefficient (Wildman–Crippen LogP) is 0.878. The van der Waals surface area contributed by atoms with Gasteiger partial charge in [-0.3, -0.25) is 9.36 Å². The number of fused-ring (bicyclic) bond motifs is 1. The Hall–Kier alpha value is -1.34. The fraction of sp³-hybridized carbons (Fsp3) is 0.667. The van der Waals surface area contributed by atoms with E-state index in [0.717, 1.165) is 56.4 Å². The van der Waals surface area contributed by atoms with Crippen LogP contribution in [0.5, 0.6) is 0 Å². The van der Waals surface area contributed by atoms with Crippen molar-refractivity contribution in [1.29, 1.82) is 0 Å². The van der Waals surface area contributed by atoms with E-state index in [4.69, 9.17) is 10.5 Å². The number of amides is 1. The Morgan fingerprint density at radius 2 is 2.18 bits per heavy atom. The van der Waals surface area contributed by atoms with E-state index >= 15 is 0 Å². The van der Waals surface area contributed by atoms with Crippen molar-refractivity contribution in [1.82, 2.24) is 9.55 Å². The summed E-state index contributed by atoms with van der Waals surface area (Å²) in [6.45, 7) is 1.37. The van der Waals surface area contributed by atoms with Gasteiger partial charge < -0.3 is 10.5 Å². The van der Waals surface area contributed by atoms with Crippen molar-refractivity contribution >= 4 is 17.7 Å². The number of primary amides is 1. The number of nitrogens with zero attached hydrogens (tertiary/aromatic N) is 2. The summed E-state index contributed by atoms with van der Waals surface area (Å²) >= 11 is 1.28. The maximum absolute atomic E-state index is 12.4. The highest BCUT2D eigenvalue weighted by atomic mass is 32.2. The Labute approximate surface area is 133 Å². The zero-order chi connectivity index (χ0) is 15.5. The fourth-order valence-electron chi connectivity index (χ4n) is 3.19. The first-order valence-electron chi connectivity index (χ1n) is 7.80. The van der Waals surface area contributed by atoms with Gasteiger partial charge in [0.2, 0.25) is 5.91 Å². The van der Waals surface area contributed by atoms with Crippen molar-refractivity contribution < 1.29 is 9.53 Å². The van der Waals surface area contributed by atoms with Gasteiger partial charge in [0.1, 0.15) is 5.03 Å². The molecule has 0 unspecified atom stereocenters. The molecule has 1 atom stereocenters. The van der Waals surface area contributed by atoms with E-state index in [9.17, 15) is 9.59 Å². The molecule has 2 N–H and O–H groups in total. The summed E-state index contributed by atoms with van der Waals surface area (Å²) in [5, 5.41) is 0.682. The van der Waals surface area contributed by atoms with E-state index < -0.39 is 0 Å². The molecule has 22 heavy (non-hydrogen) atoms. The van der Waals surface area contributed by atoms with Crippen LogP contribution < -0.4 is 11.4 Å². The van der Waals surface area contributed by atoms with Crippen LogP contribution in [0.4, 0.5) is 0 Å². The second kappa shape index (κ2) is 6.83. The number of hydrogen-bond donors (Lipinski definition) is 1. The summed E-state index contributed by atoms with van der Waals surface area (Å²) in [6, 6.07) is 0. The Morgan fingerprint density at radius 3 is 2.91 bits per heavy atom. The van der Waals surface area contributed by atoms with Crippen molar-refractivity contribution in [2.24, 2.45) is 5.73 Å². The number of carbonyl (C=O) groups is 1. The highest BCUT2D eigenvalue weighted by Gasteiger charge is 2.24. The van der Waals surface area contributed by atoms with Crippen LogP contribution >= 0.6 is 11.8 Å². The van der Waals surface area contributed by atoms with Crippen molar-refractivity contribution in [3.63, 3.8) is 0 Å². The van der Waals surface area contributed by atoms with Gasteiger partial charge in [-0.1, -0.05) is 11.8 Å². The largest absolute Gasteiger partial charge is 0.376 e. The Balaban J connectivity index is 1.93. The number of aromatic nitrogens is 2. The zero-order valence-corrected chi connectivity index (χ0v) is 13.4. The maximum atomic E-state index is 12.4. The van der Waals surface area contributed by atoms with Crippen LogP contribution in [0.2, 0.25) is 0 Å². The number of rotatable bonds is 5. The lowest BCUT2D eigenvalue weighted by atomic mass is 9.97. The molecule has 1 aromatic heterocycles. The lowest BCUT2D eigenvalue weighted by molar-refractivity contribution is -0.115. The molecule has 1 amide bonds. The van der Waals surface area contributed by atoms with Gasteiger partial charge in [0, 0.05) is 17.9 Å². The van der Waals surface area contributed by atoms with E-state index in [-0.39, 0.29) is 23.5 Å². The second-order valence-electron chi connectivity index (χ2n) is 5.83. The Bertz CT molecular complexity index is 623. The molecule has 3 rings (SSSR count). The van der Waals surface area contributed by atoms with Crippen LogP contribution in [0, 0.1) is 0 Å². The van der Waals surface area contributed by atoms with Crippen LogP contribution in [0.15, 0.2) is 9.82 Å². The molecular weight excluding hydrogens is 302 g/mol. The van der Waals surface area contributed by atoms with Gasteiger partial charge in [-0.25, -0.2) is 4.79 Å². The number of carbonyl (C=O) groups excluding carboxylic acids is 1. The summed E-state index contributed by atoms with van der Waals surface area (Å²) < 4.78 is 7.45. The smallest absolute Gasteiger partial charge is 0.348 e. The lowest BCUT2D eigenvalue weighted by Gasteiger charge is -2.24. The second-order valence-corrected chi connectivity index (χ2v) is 6.80. The van der Waals surface area contributed by atoms with E-state index in [1.807, 2.05) is 0 Å². The summed E-state index contributed by atoms with van der Waals surface area (Å²) in [6.07, 6.45) is 6.16. The number of nitrogens with two attached hydrogens (primary N) is 1. The number of hydrogen-bond acceptors (Lipinski definition) is 5. The third-order valence-electron chi connectivity index (χ3n) is 4.21. The van der Waals surface area contributed by atoms with E-state index in [1.165, 1.54) is 11.8 Å². The lowest BCUT2D eigenvalue weighted by Crippen LogP contribution is -2.34. The van der Waals surface area contributed by atoms with Crippen LogP contribution in [-0.4, -0.2) is 33.9 Å². The molecular formula is C15H21N3O3S. The molecule has 0 saturated carbocycles. The fourth-order valence-corrected chi connectivity index (χ4v) is 4.00. The van der Waals surface area contributed by atoms with Crippen LogP contribution in [0.1, 0.15) is 36.9 Å². The van der Waals surface area contributed by atoms with Gasteiger partial charge in [0.05, 0.1) is 18.4 Å². The van der Waals surface area contributed by atoms with E-state index in [1.54, 1.807) is 4.57 Å². The molecule has 6 nitrogen and oxygen atoms in total. The van der Waals surface area contributed by atoms with Crippen LogP contribution in [0.3, 0.4) is 0 Å². The summed E-state index contributed by atoms with van der Waals surface area (Å²) in [5.74, 6) is -0.228. The Kier molecular flexibility index (Phi) is 4.83. The molecule has 0 bridgehead atoms. The molecule has 1 aliphatic carbocycles. The van der Waals surface area contributed by atoms with Gasteiger partial charge >= 0.3 is 5.69 Å². The summed E-state index contributed by atoms with van der Waals surface area (Å²) in [7, 11) is 0. The molecule has 1 aliphatic heterocycles. The molecule has 7 heteroatoms. The average Bonchev–Trinajstić information content (AvgIpc) is 3.01. The van der Waals surface area contributed by atoms with E-state index in [2.05, 4.69) is 4.98 Å². The zero-order valence-electron chi connectivity index (χ0n) is 12.5. The van der Waals surface area contributed by atoms with Crippen LogP contribution in [0.25, 0.3) is 0 Å². The minimum Gasteiger partial charge on any atom is -0.376 e. The minimum absolute atomic E-state index is 0.120. The van der Waals surface area contributed by atoms with Crippen molar-refractivity contribution in [2.75, 3.05) is 12.4 Å². The highest BCUT2D eigenvalue weighted by Crippen LogP contribution is 2.28. The third kappa shape index (κ3) is 3.35. The number of ether oxygens (including phenoxy) is 1. The van der Waals surface area contributed by atoms with Crippen molar-refractivity contribution in [2.45, 2.75) is 56.2 Å². The maximum Gasteiger partial charge on any atom is 0.348 e. The first-order valence-corrected chi connectivity index (χ1v) is 8.79. The topological polar surface area (TPSA) is 87.2 Å². The number of thioether (sulfide) groups is 1. The monoisotopic (exact) mass is 323 g/mol. The Morgan fingerprint density at radius 1 is 1.36 bits per heavy atom. The highest BCUT2D eigenvalue weighted by molar-refractivity contribution is 7.99. The van der Waals surface area contributed by atoms with Gasteiger partial charge in [0.25, 0.3) is 0 Å². The van der Waals surface area contributed by atoms with Gasteiger partial charge in [-0.2, -0.15) is 4.98 Å². The average molecular weight is 323 g/mol. The first kappa shape index (κ1) is 15.6. The van der Waals surface area contributed by atoms with Crippen molar-refractivity contribution in [3.05, 3.63) is 21.7 Å². The first-order chi connectivity index (χ1) is 10.6. The quantitative estimate of drug-likeness (QED) is 0.642. The molecule has 120 valence electrons. The van der Waals surface area contributed by atoms with Gasteiger partial charge in [0.15, 0.2) is 0 Å².